The first-order valence-electron chi connectivity index (χ1n) is 14.0. The molecule has 0 aliphatic carbocycles. The van der Waals surface area contributed by atoms with E-state index in [4.69, 9.17) is 0 Å². The first-order valence-corrected chi connectivity index (χ1v) is 14.0. The van der Waals surface area contributed by atoms with Gasteiger partial charge in [0.25, 0.3) is 5.91 Å². The van der Waals surface area contributed by atoms with Gasteiger partial charge in [0.2, 0.25) is 0 Å². The Morgan fingerprint density at radius 2 is 1.68 bits per heavy atom. The molecule has 2 fully saturated rings. The van der Waals surface area contributed by atoms with Crippen molar-refractivity contribution in [2.75, 3.05) is 29.9 Å². The SMILES string of the molecule is C[C@@H]1CCCN1Cc1cc(NC(=O)c2ccc(N3CCC(C(=O)O)CC3)cc2F)ncc1-c1ccc(C(F)(F)F)cc1.Cl.Cl. The van der Waals surface area contributed by atoms with Crippen LogP contribution in [-0.4, -0.2) is 52.5 Å². The summed E-state index contributed by atoms with van der Waals surface area (Å²) in [4.78, 5) is 32.8. The van der Waals surface area contributed by atoms with Crippen molar-refractivity contribution in [3.05, 3.63) is 77.2 Å². The number of nitrogens with zero attached hydrogens (tertiary/aromatic N) is 3. The molecule has 0 unspecified atom stereocenters. The lowest BCUT2D eigenvalue weighted by atomic mass is 9.96. The molecule has 238 valence electrons. The van der Waals surface area contributed by atoms with Crippen molar-refractivity contribution < 1.29 is 32.3 Å². The molecule has 1 amide bonds. The normalized spacial score (nSPS) is 17.5. The third kappa shape index (κ3) is 7.99. The van der Waals surface area contributed by atoms with E-state index in [9.17, 15) is 27.9 Å². The number of piperidine rings is 1. The molecule has 2 N–H and O–H groups in total. The van der Waals surface area contributed by atoms with E-state index in [1.165, 1.54) is 30.5 Å². The van der Waals surface area contributed by atoms with Crippen molar-refractivity contribution in [2.45, 2.75) is 51.4 Å². The highest BCUT2D eigenvalue weighted by Crippen LogP contribution is 2.33. The number of pyridine rings is 1. The van der Waals surface area contributed by atoms with Crippen LogP contribution < -0.4 is 10.2 Å². The zero-order chi connectivity index (χ0) is 30.0. The number of nitrogens with one attached hydrogen (secondary N) is 1. The second-order valence-corrected chi connectivity index (χ2v) is 11.0. The predicted octanol–water partition coefficient (Wildman–Crippen LogP) is 7.29. The van der Waals surface area contributed by atoms with Crippen molar-refractivity contribution in [3.63, 3.8) is 0 Å². The zero-order valence-electron chi connectivity index (χ0n) is 23.9. The third-order valence-corrected chi connectivity index (χ3v) is 8.23. The largest absolute Gasteiger partial charge is 0.481 e. The van der Waals surface area contributed by atoms with Gasteiger partial charge in [-0.25, -0.2) is 9.37 Å². The minimum absolute atomic E-state index is 0. The maximum absolute atomic E-state index is 15.1. The number of benzene rings is 2. The maximum Gasteiger partial charge on any atom is 0.416 e. The predicted molar refractivity (Wildman–Crippen MR) is 165 cm³/mol. The van der Waals surface area contributed by atoms with Gasteiger partial charge >= 0.3 is 12.1 Å². The lowest BCUT2D eigenvalue weighted by Crippen LogP contribution is -2.36. The molecular formula is C31H34Cl2F4N4O3. The summed E-state index contributed by atoms with van der Waals surface area (Å²) in [5.74, 6) is -2.42. The number of amides is 1. The molecule has 2 aliphatic rings. The number of carbonyl (C=O) groups is 2. The van der Waals surface area contributed by atoms with E-state index in [0.29, 0.717) is 55.3 Å². The van der Waals surface area contributed by atoms with E-state index in [1.54, 1.807) is 12.1 Å². The fourth-order valence-electron chi connectivity index (χ4n) is 5.69. The van der Waals surface area contributed by atoms with E-state index in [2.05, 4.69) is 22.1 Å². The zero-order valence-corrected chi connectivity index (χ0v) is 25.6. The summed E-state index contributed by atoms with van der Waals surface area (Å²) >= 11 is 0. The van der Waals surface area contributed by atoms with Crippen LogP contribution in [0.1, 0.15) is 54.1 Å². The standard InChI is InChI=1S/C31H32F4N4O3.2ClH/c1-19-3-2-12-39(19)18-22-15-28(36-17-26(22)20-4-6-23(7-5-20)31(33,34)35)37-29(40)25-9-8-24(16-27(25)32)38-13-10-21(11-14-38)30(41)42;;/h4-9,15-17,19,21H,2-3,10-14,18H2,1H3,(H,41,42)(H,36,37,40);2*1H/t19-;;/m1../s1. The van der Waals surface area contributed by atoms with Crippen molar-refractivity contribution in [1.82, 2.24) is 9.88 Å². The van der Waals surface area contributed by atoms with Crippen LogP contribution in [0, 0.1) is 11.7 Å². The number of aliphatic carboxylic acids is 1. The highest BCUT2D eigenvalue weighted by Gasteiger charge is 2.30. The van der Waals surface area contributed by atoms with Crippen LogP contribution in [0.25, 0.3) is 11.1 Å². The van der Waals surface area contributed by atoms with Gasteiger partial charge in [-0.1, -0.05) is 12.1 Å². The number of carboxylic acid groups (broad SMARTS) is 1. The molecule has 0 saturated carbocycles. The smallest absolute Gasteiger partial charge is 0.416 e. The van der Waals surface area contributed by atoms with Crippen LogP contribution in [0.15, 0.2) is 54.7 Å². The Morgan fingerprint density at radius 3 is 2.25 bits per heavy atom. The minimum atomic E-state index is -4.44. The van der Waals surface area contributed by atoms with Gasteiger partial charge in [0.15, 0.2) is 0 Å². The van der Waals surface area contributed by atoms with E-state index in [0.717, 1.165) is 37.1 Å². The van der Waals surface area contributed by atoms with Crippen molar-refractivity contribution in [1.29, 1.82) is 0 Å². The summed E-state index contributed by atoms with van der Waals surface area (Å²) in [6.45, 7) is 4.48. The Hall–Kier alpha value is -3.41. The molecule has 5 rings (SSSR count). The summed E-state index contributed by atoms with van der Waals surface area (Å²) < 4.78 is 54.4. The topological polar surface area (TPSA) is 85.8 Å². The highest BCUT2D eigenvalue weighted by atomic mass is 35.5. The molecule has 44 heavy (non-hydrogen) atoms. The molecule has 2 aromatic carbocycles. The monoisotopic (exact) mass is 656 g/mol. The van der Waals surface area contributed by atoms with Gasteiger partial charge in [-0.15, -0.1) is 24.8 Å². The van der Waals surface area contributed by atoms with Gasteiger partial charge in [0, 0.05) is 43.1 Å². The number of carbonyl (C=O) groups excluding carboxylic acids is 1. The number of aromatic nitrogens is 1. The molecule has 13 heteroatoms. The number of carboxylic acids is 1. The lowest BCUT2D eigenvalue weighted by molar-refractivity contribution is -0.142. The summed E-state index contributed by atoms with van der Waals surface area (Å²) in [7, 11) is 0. The van der Waals surface area contributed by atoms with E-state index in [1.807, 2.05) is 4.90 Å². The number of rotatable bonds is 7. The first-order chi connectivity index (χ1) is 20.0. The fourth-order valence-corrected chi connectivity index (χ4v) is 5.69. The van der Waals surface area contributed by atoms with Crippen LogP contribution >= 0.6 is 24.8 Å². The van der Waals surface area contributed by atoms with Crippen molar-refractivity contribution >= 4 is 48.2 Å². The molecular weight excluding hydrogens is 623 g/mol. The number of likely N-dealkylation sites (tertiary alicyclic amines) is 1. The molecule has 0 spiro atoms. The van der Waals surface area contributed by atoms with Gasteiger partial charge in [0.05, 0.1) is 17.0 Å². The van der Waals surface area contributed by atoms with Gasteiger partial charge in [-0.05, 0) is 86.7 Å². The van der Waals surface area contributed by atoms with Gasteiger partial charge < -0.3 is 15.3 Å². The van der Waals surface area contributed by atoms with E-state index >= 15 is 4.39 Å². The quantitative estimate of drug-likeness (QED) is 0.260. The molecule has 0 bridgehead atoms. The fraction of sp³-hybridized carbons (Fsp3) is 0.387. The molecule has 7 nitrogen and oxygen atoms in total. The van der Waals surface area contributed by atoms with E-state index < -0.39 is 35.4 Å². The van der Waals surface area contributed by atoms with Crippen LogP contribution in [-0.2, 0) is 17.5 Å². The second kappa shape index (κ2) is 14.6. The Balaban J connectivity index is 0.00000264. The average Bonchev–Trinajstić information content (AvgIpc) is 3.36. The molecule has 3 aromatic rings. The molecule has 2 saturated heterocycles. The third-order valence-electron chi connectivity index (χ3n) is 8.23. The summed E-state index contributed by atoms with van der Waals surface area (Å²) in [6.07, 6.45) is 0.0883. The molecule has 1 aromatic heterocycles. The number of alkyl halides is 3. The summed E-state index contributed by atoms with van der Waals surface area (Å²) in [6, 6.07) is 11.2. The van der Waals surface area contributed by atoms with Crippen LogP contribution in [0.2, 0.25) is 0 Å². The Kier molecular flexibility index (Phi) is 11.6. The molecule has 2 aliphatic heterocycles. The Morgan fingerprint density at radius 1 is 1.00 bits per heavy atom. The highest BCUT2D eigenvalue weighted by molar-refractivity contribution is 6.04. The average molecular weight is 658 g/mol. The van der Waals surface area contributed by atoms with Gasteiger partial charge in [0.1, 0.15) is 11.6 Å². The first kappa shape index (κ1) is 35.1. The summed E-state index contributed by atoms with van der Waals surface area (Å²) in [5, 5.41) is 11.9. The van der Waals surface area contributed by atoms with Crippen LogP contribution in [0.4, 0.5) is 29.1 Å². The van der Waals surface area contributed by atoms with E-state index in [-0.39, 0.29) is 36.2 Å². The molecule has 1 atom stereocenters. The number of halogens is 6. The van der Waals surface area contributed by atoms with Gasteiger partial charge in [-0.2, -0.15) is 13.2 Å². The lowest BCUT2D eigenvalue weighted by Gasteiger charge is -2.32. The number of anilines is 2. The minimum Gasteiger partial charge on any atom is -0.481 e. The second-order valence-electron chi connectivity index (χ2n) is 11.0. The Labute approximate surface area is 265 Å². The molecule has 0 radical (unpaired) electrons. The van der Waals surface area contributed by atoms with Crippen LogP contribution in [0.3, 0.4) is 0 Å². The van der Waals surface area contributed by atoms with Gasteiger partial charge in [-0.3, -0.25) is 14.5 Å². The number of hydrogen-bond acceptors (Lipinski definition) is 5. The van der Waals surface area contributed by atoms with Crippen LogP contribution in [0.5, 0.6) is 0 Å². The van der Waals surface area contributed by atoms with Crippen molar-refractivity contribution in [3.8, 4) is 11.1 Å². The maximum atomic E-state index is 15.1. The summed E-state index contributed by atoms with van der Waals surface area (Å²) in [5.41, 5.74) is 1.69. The molecule has 3 heterocycles. The van der Waals surface area contributed by atoms with Crippen molar-refractivity contribution in [2.24, 2.45) is 5.92 Å². The number of hydrogen-bond donors (Lipinski definition) is 2. The Bertz CT molecular complexity index is 1470.